The molecule has 1 aromatic rings. The zero-order chi connectivity index (χ0) is 13.6. The van der Waals surface area contributed by atoms with Crippen molar-refractivity contribution in [1.29, 1.82) is 0 Å². The van der Waals surface area contributed by atoms with Crippen LogP contribution in [0.4, 0.5) is 5.69 Å². The predicted molar refractivity (Wildman–Crippen MR) is 80.2 cm³/mol. The van der Waals surface area contributed by atoms with Crippen molar-refractivity contribution in [2.75, 3.05) is 32.1 Å². The van der Waals surface area contributed by atoms with Crippen LogP contribution < -0.4 is 15.5 Å². The highest BCUT2D eigenvalue weighted by Crippen LogP contribution is 2.11. The lowest BCUT2D eigenvalue weighted by Crippen LogP contribution is -2.40. The van der Waals surface area contributed by atoms with Gasteiger partial charge >= 0.3 is 0 Å². The molecular formula is C15H27N3. The normalized spacial score (nSPS) is 11.6. The van der Waals surface area contributed by atoms with Crippen LogP contribution in [0.25, 0.3) is 0 Å². The van der Waals surface area contributed by atoms with Gasteiger partial charge in [0.15, 0.2) is 0 Å². The van der Waals surface area contributed by atoms with Crippen LogP contribution >= 0.6 is 0 Å². The summed E-state index contributed by atoms with van der Waals surface area (Å²) in [5.41, 5.74) is 2.78. The SMILES string of the molecule is CN(C)c1ccc(CNCCNC(C)(C)C)cc1. The topological polar surface area (TPSA) is 27.3 Å². The summed E-state index contributed by atoms with van der Waals surface area (Å²) in [5, 5.41) is 6.91. The average molecular weight is 249 g/mol. The molecule has 3 nitrogen and oxygen atoms in total. The molecule has 0 spiro atoms. The molecule has 18 heavy (non-hydrogen) atoms. The Bertz CT molecular complexity index is 336. The fourth-order valence-corrected chi connectivity index (χ4v) is 1.67. The van der Waals surface area contributed by atoms with E-state index in [2.05, 4.69) is 74.7 Å². The van der Waals surface area contributed by atoms with E-state index in [4.69, 9.17) is 0 Å². The van der Waals surface area contributed by atoms with Gasteiger partial charge in [-0.3, -0.25) is 0 Å². The second-order valence-corrected chi connectivity index (χ2v) is 5.91. The number of hydrogen-bond acceptors (Lipinski definition) is 3. The van der Waals surface area contributed by atoms with Crippen molar-refractivity contribution in [2.24, 2.45) is 0 Å². The first-order valence-electron chi connectivity index (χ1n) is 6.60. The zero-order valence-corrected chi connectivity index (χ0v) is 12.4. The summed E-state index contributed by atoms with van der Waals surface area (Å²) >= 11 is 0. The van der Waals surface area contributed by atoms with Gasteiger partial charge in [0, 0.05) is 45.0 Å². The van der Waals surface area contributed by atoms with Crippen molar-refractivity contribution in [3.05, 3.63) is 29.8 Å². The van der Waals surface area contributed by atoms with Crippen LogP contribution in [0, 0.1) is 0 Å². The van der Waals surface area contributed by atoms with E-state index in [1.807, 2.05) is 0 Å². The summed E-state index contributed by atoms with van der Waals surface area (Å²) in [6.07, 6.45) is 0. The van der Waals surface area contributed by atoms with E-state index in [1.54, 1.807) is 0 Å². The van der Waals surface area contributed by atoms with E-state index >= 15 is 0 Å². The number of benzene rings is 1. The predicted octanol–water partition coefficient (Wildman–Crippen LogP) is 2.23. The van der Waals surface area contributed by atoms with Crippen LogP contribution in [0.5, 0.6) is 0 Å². The Kier molecular flexibility index (Phi) is 5.63. The van der Waals surface area contributed by atoms with Crippen LogP contribution in [0.1, 0.15) is 26.3 Å². The maximum absolute atomic E-state index is 3.46. The molecule has 0 fully saturated rings. The first-order chi connectivity index (χ1) is 8.38. The summed E-state index contributed by atoms with van der Waals surface area (Å²) in [7, 11) is 4.12. The zero-order valence-electron chi connectivity index (χ0n) is 12.4. The van der Waals surface area contributed by atoms with E-state index < -0.39 is 0 Å². The largest absolute Gasteiger partial charge is 0.378 e. The Morgan fingerprint density at radius 1 is 1.00 bits per heavy atom. The van der Waals surface area contributed by atoms with Gasteiger partial charge in [0.25, 0.3) is 0 Å². The molecule has 0 saturated heterocycles. The van der Waals surface area contributed by atoms with E-state index in [0.29, 0.717) is 0 Å². The van der Waals surface area contributed by atoms with Gasteiger partial charge < -0.3 is 15.5 Å². The van der Waals surface area contributed by atoms with E-state index in [1.165, 1.54) is 11.3 Å². The van der Waals surface area contributed by atoms with Crippen molar-refractivity contribution in [1.82, 2.24) is 10.6 Å². The minimum absolute atomic E-state index is 0.203. The Morgan fingerprint density at radius 3 is 2.11 bits per heavy atom. The summed E-state index contributed by atoms with van der Waals surface area (Å²) in [6.45, 7) is 9.48. The molecule has 0 saturated carbocycles. The van der Waals surface area contributed by atoms with Gasteiger partial charge in [-0.25, -0.2) is 0 Å². The number of hydrogen-bond donors (Lipinski definition) is 2. The molecule has 3 heteroatoms. The minimum Gasteiger partial charge on any atom is -0.378 e. The molecule has 0 atom stereocenters. The van der Waals surface area contributed by atoms with Gasteiger partial charge in [0.1, 0.15) is 0 Å². The van der Waals surface area contributed by atoms with Crippen LogP contribution in [-0.2, 0) is 6.54 Å². The van der Waals surface area contributed by atoms with Crippen molar-refractivity contribution < 1.29 is 0 Å². The molecule has 2 N–H and O–H groups in total. The van der Waals surface area contributed by atoms with Gasteiger partial charge in [-0.1, -0.05) is 12.1 Å². The molecule has 102 valence electrons. The number of anilines is 1. The third kappa shape index (κ3) is 6.03. The molecule has 0 amide bonds. The smallest absolute Gasteiger partial charge is 0.0361 e. The molecule has 0 bridgehead atoms. The van der Waals surface area contributed by atoms with Crippen molar-refractivity contribution in [3.8, 4) is 0 Å². The molecule has 0 aliphatic rings. The summed E-state index contributed by atoms with van der Waals surface area (Å²) in [5.74, 6) is 0. The summed E-state index contributed by atoms with van der Waals surface area (Å²) < 4.78 is 0. The molecule has 1 aromatic carbocycles. The van der Waals surface area contributed by atoms with Crippen LogP contribution in [0.2, 0.25) is 0 Å². The lowest BCUT2D eigenvalue weighted by atomic mass is 10.1. The molecule has 0 aliphatic heterocycles. The van der Waals surface area contributed by atoms with Crippen molar-refractivity contribution in [3.63, 3.8) is 0 Å². The molecule has 0 aliphatic carbocycles. The van der Waals surface area contributed by atoms with Gasteiger partial charge in [0.2, 0.25) is 0 Å². The van der Waals surface area contributed by atoms with Crippen LogP contribution in [-0.4, -0.2) is 32.7 Å². The van der Waals surface area contributed by atoms with Crippen LogP contribution in [0.3, 0.4) is 0 Å². The van der Waals surface area contributed by atoms with Crippen molar-refractivity contribution >= 4 is 5.69 Å². The molecular weight excluding hydrogens is 222 g/mol. The molecule has 0 unspecified atom stereocenters. The highest BCUT2D eigenvalue weighted by atomic mass is 15.1. The molecule has 0 aromatic heterocycles. The Balaban J connectivity index is 2.23. The Morgan fingerprint density at radius 2 is 1.61 bits per heavy atom. The Labute approximate surface area is 112 Å². The third-order valence-electron chi connectivity index (χ3n) is 2.74. The number of nitrogens with zero attached hydrogens (tertiary/aromatic N) is 1. The second-order valence-electron chi connectivity index (χ2n) is 5.91. The van der Waals surface area contributed by atoms with Crippen LogP contribution in [0.15, 0.2) is 24.3 Å². The monoisotopic (exact) mass is 249 g/mol. The van der Waals surface area contributed by atoms with E-state index in [-0.39, 0.29) is 5.54 Å². The van der Waals surface area contributed by atoms with Crippen molar-refractivity contribution in [2.45, 2.75) is 32.9 Å². The maximum atomic E-state index is 3.46. The third-order valence-corrected chi connectivity index (χ3v) is 2.74. The molecule has 1 rings (SSSR count). The Hall–Kier alpha value is -1.06. The standard InChI is InChI=1S/C15H27N3/c1-15(2,3)17-11-10-16-12-13-6-8-14(9-7-13)18(4)5/h6-9,16-17H,10-12H2,1-5H3. The summed E-state index contributed by atoms with van der Waals surface area (Å²) in [4.78, 5) is 2.12. The van der Waals surface area contributed by atoms with Gasteiger partial charge in [-0.2, -0.15) is 0 Å². The highest BCUT2D eigenvalue weighted by molar-refractivity contribution is 5.45. The fourth-order valence-electron chi connectivity index (χ4n) is 1.67. The summed E-state index contributed by atoms with van der Waals surface area (Å²) in [6, 6.07) is 8.67. The molecule has 0 radical (unpaired) electrons. The fraction of sp³-hybridized carbons (Fsp3) is 0.600. The average Bonchev–Trinajstić information content (AvgIpc) is 2.27. The minimum atomic E-state index is 0.203. The van der Waals surface area contributed by atoms with E-state index in [0.717, 1.165) is 19.6 Å². The highest BCUT2D eigenvalue weighted by Gasteiger charge is 2.06. The second kappa shape index (κ2) is 6.76. The quantitative estimate of drug-likeness (QED) is 0.757. The number of nitrogens with one attached hydrogen (secondary N) is 2. The maximum Gasteiger partial charge on any atom is 0.0361 e. The lowest BCUT2D eigenvalue weighted by Gasteiger charge is -2.20. The van der Waals surface area contributed by atoms with E-state index in [9.17, 15) is 0 Å². The number of rotatable bonds is 6. The van der Waals surface area contributed by atoms with Gasteiger partial charge in [0.05, 0.1) is 0 Å². The lowest BCUT2D eigenvalue weighted by molar-refractivity contribution is 0.421. The first kappa shape index (κ1) is 15.0. The van der Waals surface area contributed by atoms with Gasteiger partial charge in [-0.05, 0) is 38.5 Å². The first-order valence-corrected chi connectivity index (χ1v) is 6.60. The van der Waals surface area contributed by atoms with Gasteiger partial charge in [-0.15, -0.1) is 0 Å². The molecule has 0 heterocycles.